The van der Waals surface area contributed by atoms with Crippen molar-refractivity contribution in [1.29, 1.82) is 0 Å². The number of unbranched alkanes of at least 4 members (excludes halogenated alkanes) is 3. The lowest BCUT2D eigenvalue weighted by Crippen LogP contribution is -2.47. The molecule has 2 aliphatic rings. The molecule has 0 spiro atoms. The molecule has 2 nitrogen and oxygen atoms in total. The van der Waals surface area contributed by atoms with E-state index in [1.54, 1.807) is 0 Å². The highest BCUT2D eigenvalue weighted by molar-refractivity contribution is 4.82. The van der Waals surface area contributed by atoms with E-state index in [9.17, 15) is 0 Å². The standard InChI is InChI=1S/C18H37N2/c1-16-12-13-18(19(16)3)11-7-5-6-8-14-20(4)15-9-10-17(20)2/h16-18H,5-15H2,1-4H3/q+1. The summed E-state index contributed by atoms with van der Waals surface area (Å²) in [5, 5.41) is 0. The van der Waals surface area contributed by atoms with Gasteiger partial charge in [-0.05, 0) is 53.0 Å². The number of hydrogen-bond donors (Lipinski definition) is 0. The second-order valence-corrected chi connectivity index (χ2v) is 7.87. The van der Waals surface area contributed by atoms with Gasteiger partial charge in [0.15, 0.2) is 0 Å². The Morgan fingerprint density at radius 2 is 1.75 bits per heavy atom. The Hall–Kier alpha value is -0.0800. The summed E-state index contributed by atoms with van der Waals surface area (Å²) in [5.41, 5.74) is 0. The normalized spacial score (nSPS) is 38.7. The summed E-state index contributed by atoms with van der Waals surface area (Å²) >= 11 is 0. The maximum absolute atomic E-state index is 2.61. The largest absolute Gasteiger partial charge is 0.324 e. The molecular weight excluding hydrogens is 244 g/mol. The summed E-state index contributed by atoms with van der Waals surface area (Å²) in [4.78, 5) is 2.61. The molecule has 0 aromatic rings. The first-order chi connectivity index (χ1) is 9.53. The average Bonchev–Trinajstić information content (AvgIpc) is 2.91. The maximum Gasteiger partial charge on any atom is 0.0861 e. The molecule has 0 radical (unpaired) electrons. The first-order valence-corrected chi connectivity index (χ1v) is 9.09. The molecule has 2 saturated heterocycles. The van der Waals surface area contributed by atoms with Gasteiger partial charge in [-0.1, -0.05) is 12.8 Å². The predicted molar refractivity (Wildman–Crippen MR) is 87.9 cm³/mol. The molecule has 4 atom stereocenters. The van der Waals surface area contributed by atoms with Gasteiger partial charge in [0.05, 0.1) is 26.2 Å². The van der Waals surface area contributed by atoms with Crippen LogP contribution in [0.5, 0.6) is 0 Å². The summed E-state index contributed by atoms with van der Waals surface area (Å²) in [6.45, 7) is 7.67. The van der Waals surface area contributed by atoms with Crippen molar-refractivity contribution < 1.29 is 4.48 Å². The van der Waals surface area contributed by atoms with E-state index in [-0.39, 0.29) is 0 Å². The fourth-order valence-electron chi connectivity index (χ4n) is 4.37. The molecule has 0 saturated carbocycles. The zero-order valence-corrected chi connectivity index (χ0v) is 14.4. The van der Waals surface area contributed by atoms with Crippen molar-refractivity contribution in [2.75, 3.05) is 27.2 Å². The highest BCUT2D eigenvalue weighted by Gasteiger charge is 2.33. The van der Waals surface area contributed by atoms with Crippen LogP contribution < -0.4 is 0 Å². The fraction of sp³-hybridized carbons (Fsp3) is 1.00. The van der Waals surface area contributed by atoms with Crippen LogP contribution in [-0.4, -0.2) is 54.7 Å². The summed E-state index contributed by atoms with van der Waals surface area (Å²) in [7, 11) is 4.80. The first-order valence-electron chi connectivity index (χ1n) is 9.09. The van der Waals surface area contributed by atoms with Crippen molar-refractivity contribution in [3.63, 3.8) is 0 Å². The van der Waals surface area contributed by atoms with Crippen LogP contribution in [-0.2, 0) is 0 Å². The maximum atomic E-state index is 2.61. The monoisotopic (exact) mass is 281 g/mol. The SMILES string of the molecule is CC1CCC(CCCCCC[N+]2(C)CCCC2C)N1C. The molecule has 2 fully saturated rings. The minimum absolute atomic E-state index is 0.820. The molecule has 2 rings (SSSR count). The van der Waals surface area contributed by atoms with Crippen LogP contribution in [0.2, 0.25) is 0 Å². The Labute approximate surface area is 127 Å². The van der Waals surface area contributed by atoms with Crippen molar-refractivity contribution >= 4 is 0 Å². The second kappa shape index (κ2) is 7.26. The Kier molecular flexibility index (Phi) is 5.92. The van der Waals surface area contributed by atoms with E-state index in [0.717, 1.165) is 18.1 Å². The lowest BCUT2D eigenvalue weighted by Gasteiger charge is -2.34. The molecule has 0 aliphatic carbocycles. The quantitative estimate of drug-likeness (QED) is 0.503. The Balaban J connectivity index is 1.52. The predicted octanol–water partition coefficient (Wildman–Crippen LogP) is 4.05. The van der Waals surface area contributed by atoms with Gasteiger partial charge >= 0.3 is 0 Å². The smallest absolute Gasteiger partial charge is 0.0861 e. The fourth-order valence-corrected chi connectivity index (χ4v) is 4.37. The molecule has 20 heavy (non-hydrogen) atoms. The molecule has 2 aliphatic heterocycles. The van der Waals surface area contributed by atoms with E-state index < -0.39 is 0 Å². The van der Waals surface area contributed by atoms with E-state index in [0.29, 0.717) is 0 Å². The number of likely N-dealkylation sites (tertiary alicyclic amines) is 2. The van der Waals surface area contributed by atoms with Crippen molar-refractivity contribution in [1.82, 2.24) is 4.90 Å². The minimum Gasteiger partial charge on any atom is -0.324 e. The van der Waals surface area contributed by atoms with Crippen molar-refractivity contribution in [2.45, 2.75) is 89.8 Å². The lowest BCUT2D eigenvalue weighted by molar-refractivity contribution is -0.919. The average molecular weight is 282 g/mol. The Bertz CT molecular complexity index is 291. The number of hydrogen-bond acceptors (Lipinski definition) is 1. The van der Waals surface area contributed by atoms with Gasteiger partial charge < -0.3 is 9.38 Å². The number of rotatable bonds is 7. The highest BCUT2D eigenvalue weighted by atomic mass is 15.4. The summed E-state index contributed by atoms with van der Waals surface area (Å²) in [6, 6.07) is 2.61. The molecule has 0 aromatic carbocycles. The van der Waals surface area contributed by atoms with E-state index >= 15 is 0 Å². The van der Waals surface area contributed by atoms with Crippen LogP contribution in [0.4, 0.5) is 0 Å². The highest BCUT2D eigenvalue weighted by Crippen LogP contribution is 2.27. The number of quaternary nitrogens is 1. The molecule has 2 heterocycles. The Morgan fingerprint density at radius 1 is 1.00 bits per heavy atom. The van der Waals surface area contributed by atoms with Gasteiger partial charge in [-0.3, -0.25) is 0 Å². The lowest BCUT2D eigenvalue weighted by atomic mass is 10.0. The van der Waals surface area contributed by atoms with E-state index in [2.05, 4.69) is 32.8 Å². The zero-order valence-electron chi connectivity index (χ0n) is 14.4. The van der Waals surface area contributed by atoms with Gasteiger partial charge in [0.1, 0.15) is 0 Å². The summed E-state index contributed by atoms with van der Waals surface area (Å²) < 4.78 is 1.35. The van der Waals surface area contributed by atoms with Crippen LogP contribution >= 0.6 is 0 Å². The van der Waals surface area contributed by atoms with E-state index in [1.807, 2.05) is 0 Å². The Morgan fingerprint density at radius 3 is 2.35 bits per heavy atom. The van der Waals surface area contributed by atoms with E-state index in [4.69, 9.17) is 0 Å². The molecule has 0 bridgehead atoms. The van der Waals surface area contributed by atoms with Gasteiger partial charge in [0, 0.05) is 24.9 Å². The third-order valence-corrected chi connectivity index (χ3v) is 6.50. The van der Waals surface area contributed by atoms with Gasteiger partial charge in [0.25, 0.3) is 0 Å². The topological polar surface area (TPSA) is 3.24 Å². The van der Waals surface area contributed by atoms with Crippen LogP contribution in [0, 0.1) is 0 Å². The third kappa shape index (κ3) is 3.98. The number of nitrogens with zero attached hydrogens (tertiary/aromatic N) is 2. The van der Waals surface area contributed by atoms with Crippen molar-refractivity contribution in [3.8, 4) is 0 Å². The van der Waals surface area contributed by atoms with Crippen molar-refractivity contribution in [3.05, 3.63) is 0 Å². The molecule has 4 unspecified atom stereocenters. The first kappa shape index (κ1) is 16.3. The van der Waals surface area contributed by atoms with Crippen LogP contribution in [0.3, 0.4) is 0 Å². The molecule has 0 amide bonds. The summed E-state index contributed by atoms with van der Waals surface area (Å²) in [5.74, 6) is 0. The molecule has 118 valence electrons. The van der Waals surface area contributed by atoms with Gasteiger partial charge in [-0.25, -0.2) is 0 Å². The van der Waals surface area contributed by atoms with Gasteiger partial charge in [-0.15, -0.1) is 0 Å². The minimum atomic E-state index is 0.820. The third-order valence-electron chi connectivity index (χ3n) is 6.50. The van der Waals surface area contributed by atoms with Gasteiger partial charge in [-0.2, -0.15) is 0 Å². The summed E-state index contributed by atoms with van der Waals surface area (Å²) in [6.07, 6.45) is 13.0. The van der Waals surface area contributed by atoms with Crippen LogP contribution in [0.15, 0.2) is 0 Å². The van der Waals surface area contributed by atoms with E-state index in [1.165, 1.54) is 75.4 Å². The van der Waals surface area contributed by atoms with Crippen LogP contribution in [0.1, 0.15) is 71.6 Å². The molecular formula is C18H37N2+. The molecule has 2 heteroatoms. The zero-order chi connectivity index (χ0) is 14.6. The molecule has 0 N–H and O–H groups in total. The van der Waals surface area contributed by atoms with Crippen molar-refractivity contribution in [2.24, 2.45) is 0 Å². The van der Waals surface area contributed by atoms with Crippen LogP contribution in [0.25, 0.3) is 0 Å². The second-order valence-electron chi connectivity index (χ2n) is 7.87. The van der Waals surface area contributed by atoms with Gasteiger partial charge in [0.2, 0.25) is 0 Å². The molecule has 0 aromatic heterocycles.